The van der Waals surface area contributed by atoms with Gasteiger partial charge in [0.05, 0.1) is 36.7 Å². The number of hydrogen-bond donors (Lipinski definition) is 3. The normalized spacial score (nSPS) is 26.3. The summed E-state index contributed by atoms with van der Waals surface area (Å²) in [6.07, 6.45) is 1.35. The monoisotopic (exact) mass is 504 g/mol. The Morgan fingerprint density at radius 3 is 2.78 bits per heavy atom. The van der Waals surface area contributed by atoms with Gasteiger partial charge in [0.25, 0.3) is 5.56 Å². The molecular formula is C28H28N2O7. The van der Waals surface area contributed by atoms with Crippen LogP contribution in [0.1, 0.15) is 42.0 Å². The molecule has 1 aromatic carbocycles. The van der Waals surface area contributed by atoms with E-state index in [4.69, 9.17) is 14.5 Å². The molecule has 192 valence electrons. The Bertz CT molecular complexity index is 1510. The second kappa shape index (κ2) is 8.97. The van der Waals surface area contributed by atoms with Crippen molar-refractivity contribution in [2.45, 2.75) is 63.4 Å². The highest BCUT2D eigenvalue weighted by molar-refractivity contribution is 5.92. The standard InChI is InChI=1S/C28H28N2O7/c1-2-28(35)19-11-21-26-17(12-30(21)27(34)16(19)7-9-24(28)33)18(15-5-3-4-6-20(15)29-26)14-36-25-10-8-22(32)23(13-31)37-25/h3-6,8,10-11,22-23,25,31-32,35H,2,7,9,12-14H2,1H3/t22-,23+,25-,28-/m0/s1. The molecule has 9 heteroatoms. The van der Waals surface area contributed by atoms with Crippen LogP contribution in [0.4, 0.5) is 0 Å². The molecule has 0 radical (unpaired) electrons. The molecule has 3 aromatic rings. The number of nitrogens with zero attached hydrogens (tertiary/aromatic N) is 2. The van der Waals surface area contributed by atoms with Crippen molar-refractivity contribution in [3.63, 3.8) is 0 Å². The summed E-state index contributed by atoms with van der Waals surface area (Å²) in [5, 5.41) is 31.5. The molecule has 9 nitrogen and oxygen atoms in total. The third-order valence-electron chi connectivity index (χ3n) is 7.82. The number of aromatic nitrogens is 2. The molecule has 2 aromatic heterocycles. The van der Waals surface area contributed by atoms with Crippen molar-refractivity contribution in [1.82, 2.24) is 9.55 Å². The molecule has 6 rings (SSSR count). The Labute approximate surface area is 212 Å². The number of aliphatic hydroxyl groups is 3. The van der Waals surface area contributed by atoms with Crippen LogP contribution in [-0.4, -0.2) is 55.8 Å². The van der Waals surface area contributed by atoms with Crippen LogP contribution in [0, 0.1) is 0 Å². The van der Waals surface area contributed by atoms with E-state index in [0.29, 0.717) is 35.5 Å². The molecule has 0 saturated carbocycles. The van der Waals surface area contributed by atoms with Crippen molar-refractivity contribution >= 4 is 16.7 Å². The number of ketones is 1. The molecule has 4 atom stereocenters. The summed E-state index contributed by atoms with van der Waals surface area (Å²) in [4.78, 5) is 31.1. The molecule has 3 aliphatic rings. The smallest absolute Gasteiger partial charge is 0.254 e. The number of fused-ring (bicyclic) bond motifs is 5. The highest BCUT2D eigenvalue weighted by Gasteiger charge is 2.43. The number of carbonyl (C=O) groups excluding carboxylic acids is 1. The number of rotatable bonds is 5. The molecule has 0 amide bonds. The van der Waals surface area contributed by atoms with Gasteiger partial charge in [0.15, 0.2) is 12.1 Å². The van der Waals surface area contributed by atoms with E-state index in [0.717, 1.165) is 22.0 Å². The fourth-order valence-corrected chi connectivity index (χ4v) is 5.70. The quantitative estimate of drug-likeness (QED) is 0.350. The Kier molecular flexibility index (Phi) is 5.85. The van der Waals surface area contributed by atoms with Gasteiger partial charge in [-0.15, -0.1) is 0 Å². The number of ether oxygens (including phenoxy) is 2. The van der Waals surface area contributed by atoms with Gasteiger partial charge in [0.1, 0.15) is 17.8 Å². The first-order valence-electron chi connectivity index (χ1n) is 12.5. The van der Waals surface area contributed by atoms with Crippen LogP contribution in [0.2, 0.25) is 0 Å². The Hall–Kier alpha value is -3.21. The fraction of sp³-hybridized carbons (Fsp3) is 0.393. The van der Waals surface area contributed by atoms with Gasteiger partial charge in [-0.05, 0) is 36.6 Å². The maximum absolute atomic E-state index is 13.6. The molecular weight excluding hydrogens is 476 g/mol. The zero-order valence-corrected chi connectivity index (χ0v) is 20.4. The number of para-hydroxylation sites is 1. The molecule has 0 bridgehead atoms. The highest BCUT2D eigenvalue weighted by atomic mass is 16.7. The molecule has 1 aliphatic carbocycles. The van der Waals surface area contributed by atoms with Crippen LogP contribution in [-0.2, 0) is 39.4 Å². The number of carbonyl (C=O) groups is 1. The van der Waals surface area contributed by atoms with Gasteiger partial charge in [0.2, 0.25) is 0 Å². The second-order valence-electron chi connectivity index (χ2n) is 9.80. The third-order valence-corrected chi connectivity index (χ3v) is 7.82. The van der Waals surface area contributed by atoms with Crippen molar-refractivity contribution in [3.8, 4) is 11.4 Å². The van der Waals surface area contributed by atoms with E-state index in [1.807, 2.05) is 24.3 Å². The molecule has 0 unspecified atom stereocenters. The Morgan fingerprint density at radius 1 is 1.19 bits per heavy atom. The van der Waals surface area contributed by atoms with Crippen LogP contribution in [0.25, 0.3) is 22.3 Å². The average molecular weight is 505 g/mol. The molecule has 0 saturated heterocycles. The minimum atomic E-state index is -1.67. The van der Waals surface area contributed by atoms with Gasteiger partial charge in [0, 0.05) is 28.5 Å². The fourth-order valence-electron chi connectivity index (χ4n) is 5.70. The summed E-state index contributed by atoms with van der Waals surface area (Å²) in [5.41, 5.74) is 2.60. The summed E-state index contributed by atoms with van der Waals surface area (Å²) < 4.78 is 13.4. The summed E-state index contributed by atoms with van der Waals surface area (Å²) in [6, 6.07) is 9.39. The lowest BCUT2D eigenvalue weighted by molar-refractivity contribution is -0.184. The maximum Gasteiger partial charge on any atom is 0.254 e. The number of hydrogen-bond acceptors (Lipinski definition) is 8. The lowest BCUT2D eigenvalue weighted by Crippen LogP contribution is -2.43. The van der Waals surface area contributed by atoms with Gasteiger partial charge in [-0.3, -0.25) is 9.59 Å². The summed E-state index contributed by atoms with van der Waals surface area (Å²) in [7, 11) is 0. The lowest BCUT2D eigenvalue weighted by Gasteiger charge is -2.32. The first-order chi connectivity index (χ1) is 17.9. The van der Waals surface area contributed by atoms with Gasteiger partial charge >= 0.3 is 0 Å². The van der Waals surface area contributed by atoms with E-state index < -0.39 is 24.1 Å². The van der Waals surface area contributed by atoms with E-state index in [2.05, 4.69) is 0 Å². The van der Waals surface area contributed by atoms with Crippen molar-refractivity contribution in [2.75, 3.05) is 6.61 Å². The molecule has 37 heavy (non-hydrogen) atoms. The number of pyridine rings is 2. The van der Waals surface area contributed by atoms with E-state index in [1.165, 1.54) is 0 Å². The van der Waals surface area contributed by atoms with Crippen molar-refractivity contribution in [1.29, 1.82) is 0 Å². The summed E-state index contributed by atoms with van der Waals surface area (Å²) in [5.74, 6) is -0.266. The lowest BCUT2D eigenvalue weighted by atomic mass is 9.77. The topological polar surface area (TPSA) is 131 Å². The van der Waals surface area contributed by atoms with Crippen molar-refractivity contribution < 1.29 is 29.6 Å². The van der Waals surface area contributed by atoms with E-state index in [1.54, 1.807) is 29.7 Å². The number of aliphatic hydroxyl groups excluding tert-OH is 2. The van der Waals surface area contributed by atoms with Crippen LogP contribution >= 0.6 is 0 Å². The Morgan fingerprint density at radius 2 is 2.00 bits per heavy atom. The van der Waals surface area contributed by atoms with Crippen LogP contribution in [0.3, 0.4) is 0 Å². The third kappa shape index (κ3) is 3.69. The minimum Gasteiger partial charge on any atom is -0.394 e. The second-order valence-corrected chi connectivity index (χ2v) is 9.80. The van der Waals surface area contributed by atoms with Crippen LogP contribution in [0.15, 0.2) is 47.3 Å². The predicted molar refractivity (Wildman–Crippen MR) is 134 cm³/mol. The van der Waals surface area contributed by atoms with E-state index >= 15 is 0 Å². The zero-order chi connectivity index (χ0) is 25.9. The van der Waals surface area contributed by atoms with Crippen LogP contribution in [0.5, 0.6) is 0 Å². The first kappa shape index (κ1) is 24.1. The molecule has 4 heterocycles. The zero-order valence-electron chi connectivity index (χ0n) is 20.4. The van der Waals surface area contributed by atoms with Crippen molar-refractivity contribution in [2.24, 2.45) is 0 Å². The van der Waals surface area contributed by atoms with Crippen LogP contribution < -0.4 is 5.56 Å². The van der Waals surface area contributed by atoms with E-state index in [9.17, 15) is 24.9 Å². The maximum atomic E-state index is 13.6. The predicted octanol–water partition coefficient (Wildman–Crippen LogP) is 1.69. The summed E-state index contributed by atoms with van der Waals surface area (Å²) in [6.45, 7) is 1.85. The average Bonchev–Trinajstić information content (AvgIpc) is 3.28. The molecule has 2 aliphatic heterocycles. The summed E-state index contributed by atoms with van der Waals surface area (Å²) >= 11 is 0. The molecule has 0 spiro atoms. The number of Topliss-reactive ketones (excluding diaryl/α,β-unsaturated/α-hetero) is 1. The van der Waals surface area contributed by atoms with Gasteiger partial charge < -0.3 is 29.4 Å². The van der Waals surface area contributed by atoms with E-state index in [-0.39, 0.29) is 37.4 Å². The first-order valence-corrected chi connectivity index (χ1v) is 12.5. The molecule has 0 fully saturated rings. The number of benzene rings is 1. The van der Waals surface area contributed by atoms with Gasteiger partial charge in [-0.25, -0.2) is 4.98 Å². The van der Waals surface area contributed by atoms with Gasteiger partial charge in [-0.2, -0.15) is 0 Å². The van der Waals surface area contributed by atoms with Crippen molar-refractivity contribution in [3.05, 3.63) is 75.1 Å². The minimum absolute atomic E-state index is 0.137. The Balaban J connectivity index is 1.46. The van der Waals surface area contributed by atoms with Gasteiger partial charge in [-0.1, -0.05) is 31.2 Å². The highest BCUT2D eigenvalue weighted by Crippen LogP contribution is 2.40. The SMILES string of the molecule is CC[C@@]1(O)C(=O)CCc2c1cc1n(c2=O)Cc2c-1nc1ccccc1c2CO[C@@H]1C=C[C@H](O)[C@@H](CO)O1. The molecule has 3 N–H and O–H groups in total. The largest absolute Gasteiger partial charge is 0.394 e.